The van der Waals surface area contributed by atoms with Gasteiger partial charge in [-0.15, -0.1) is 0 Å². The lowest BCUT2D eigenvalue weighted by Crippen LogP contribution is -2.17. The number of unbranched alkanes of at least 4 members (excludes halogenated alkanes) is 1. The molecule has 7 heteroatoms. The Bertz CT molecular complexity index is 422. The second kappa shape index (κ2) is 5.27. The summed E-state index contributed by atoms with van der Waals surface area (Å²) >= 11 is 5.59. The Morgan fingerprint density at radius 2 is 2.20 bits per heavy atom. The molecule has 0 aliphatic rings. The van der Waals surface area contributed by atoms with Crippen molar-refractivity contribution in [3.05, 3.63) is 17.5 Å². The Kier molecular flexibility index (Phi) is 4.28. The van der Waals surface area contributed by atoms with Crippen molar-refractivity contribution < 1.29 is 8.42 Å². The van der Waals surface area contributed by atoms with E-state index >= 15 is 0 Å². The highest BCUT2D eigenvalue weighted by Gasteiger charge is 2.10. The van der Waals surface area contributed by atoms with Crippen molar-refractivity contribution in [1.82, 2.24) is 9.97 Å². The average Bonchev–Trinajstić information content (AvgIpc) is 2.14. The fourth-order valence-electron chi connectivity index (χ4n) is 0.934. The molecule has 1 aromatic heterocycles. The molecule has 84 valence electrons. The normalized spacial score (nSPS) is 11.3. The summed E-state index contributed by atoms with van der Waals surface area (Å²) in [7, 11) is -3.31. The summed E-state index contributed by atoms with van der Waals surface area (Å²) in [4.78, 5) is 7.40. The van der Waals surface area contributed by atoms with E-state index in [4.69, 9.17) is 11.6 Å². The molecule has 0 unspecified atom stereocenters. The van der Waals surface area contributed by atoms with Crippen LogP contribution in [0.2, 0.25) is 5.15 Å². The number of nitrogens with zero attached hydrogens (tertiary/aromatic N) is 2. The SMILES string of the molecule is CCCCS(=O)(=O)Nc1cc(Cl)ncn1. The van der Waals surface area contributed by atoms with Crippen LogP contribution in [-0.4, -0.2) is 24.1 Å². The molecule has 0 aromatic carbocycles. The molecule has 0 aliphatic heterocycles. The number of halogens is 1. The molecule has 0 spiro atoms. The minimum absolute atomic E-state index is 0.0884. The van der Waals surface area contributed by atoms with Crippen LogP contribution in [0.3, 0.4) is 0 Å². The van der Waals surface area contributed by atoms with Gasteiger partial charge in [0.25, 0.3) is 0 Å². The Balaban J connectivity index is 2.69. The third-order valence-corrected chi connectivity index (χ3v) is 3.21. The van der Waals surface area contributed by atoms with Gasteiger partial charge in [0.05, 0.1) is 5.75 Å². The first-order valence-electron chi connectivity index (χ1n) is 4.51. The van der Waals surface area contributed by atoms with Crippen molar-refractivity contribution in [3.8, 4) is 0 Å². The van der Waals surface area contributed by atoms with Gasteiger partial charge >= 0.3 is 0 Å². The predicted molar refractivity (Wildman–Crippen MR) is 59.4 cm³/mol. The molecule has 1 N–H and O–H groups in total. The zero-order valence-electron chi connectivity index (χ0n) is 8.27. The highest BCUT2D eigenvalue weighted by molar-refractivity contribution is 7.92. The number of sulfonamides is 1. The third kappa shape index (κ3) is 4.44. The molecule has 0 aliphatic carbocycles. The Morgan fingerprint density at radius 3 is 2.80 bits per heavy atom. The Hall–Kier alpha value is -0.880. The van der Waals surface area contributed by atoms with Crippen molar-refractivity contribution >= 4 is 27.4 Å². The van der Waals surface area contributed by atoms with E-state index in [2.05, 4.69) is 14.7 Å². The van der Waals surface area contributed by atoms with Crippen molar-refractivity contribution in [1.29, 1.82) is 0 Å². The zero-order valence-corrected chi connectivity index (χ0v) is 9.85. The molecule has 0 bridgehead atoms. The van der Waals surface area contributed by atoms with Gasteiger partial charge in [-0.1, -0.05) is 24.9 Å². The second-order valence-electron chi connectivity index (χ2n) is 3.00. The minimum Gasteiger partial charge on any atom is -0.267 e. The number of hydrogen-bond donors (Lipinski definition) is 1. The van der Waals surface area contributed by atoms with Crippen LogP contribution >= 0.6 is 11.6 Å². The van der Waals surface area contributed by atoms with E-state index < -0.39 is 10.0 Å². The average molecular weight is 250 g/mol. The van der Waals surface area contributed by atoms with Crippen LogP contribution in [0.1, 0.15) is 19.8 Å². The standard InChI is InChI=1S/C8H12ClN3O2S/c1-2-3-4-15(13,14)12-8-5-7(9)10-6-11-8/h5-6H,2-4H2,1H3,(H,10,11,12). The summed E-state index contributed by atoms with van der Waals surface area (Å²) in [5.74, 6) is 0.289. The van der Waals surface area contributed by atoms with E-state index in [1.165, 1.54) is 12.4 Å². The first kappa shape index (κ1) is 12.2. The van der Waals surface area contributed by atoms with Crippen LogP contribution < -0.4 is 4.72 Å². The van der Waals surface area contributed by atoms with Gasteiger partial charge in [0, 0.05) is 6.07 Å². The van der Waals surface area contributed by atoms with Gasteiger partial charge in [-0.05, 0) is 6.42 Å². The van der Waals surface area contributed by atoms with E-state index in [1.807, 2.05) is 6.92 Å². The molecule has 0 amide bonds. The zero-order chi connectivity index (χ0) is 11.3. The van der Waals surface area contributed by atoms with Crippen LogP contribution in [0, 0.1) is 0 Å². The van der Waals surface area contributed by atoms with E-state index in [9.17, 15) is 8.42 Å². The first-order chi connectivity index (χ1) is 7.03. The molecule has 1 rings (SSSR count). The number of rotatable bonds is 5. The lowest BCUT2D eigenvalue weighted by Gasteiger charge is -2.05. The fourth-order valence-corrected chi connectivity index (χ4v) is 2.28. The van der Waals surface area contributed by atoms with Gasteiger partial charge in [0.1, 0.15) is 17.3 Å². The molecule has 5 nitrogen and oxygen atoms in total. The molecule has 1 aromatic rings. The lowest BCUT2D eigenvalue weighted by molar-refractivity contribution is 0.597. The topological polar surface area (TPSA) is 72.0 Å². The first-order valence-corrected chi connectivity index (χ1v) is 6.54. The molecule has 0 atom stereocenters. The molecule has 0 saturated heterocycles. The number of anilines is 1. The van der Waals surface area contributed by atoms with Gasteiger partial charge in [0.15, 0.2) is 0 Å². The molecule has 15 heavy (non-hydrogen) atoms. The van der Waals surface area contributed by atoms with E-state index in [0.717, 1.165) is 6.42 Å². The fraction of sp³-hybridized carbons (Fsp3) is 0.500. The Labute approximate surface area is 93.9 Å². The summed E-state index contributed by atoms with van der Waals surface area (Å²) in [6, 6.07) is 1.37. The highest BCUT2D eigenvalue weighted by atomic mass is 35.5. The number of aromatic nitrogens is 2. The number of nitrogens with one attached hydrogen (secondary N) is 1. The van der Waals surface area contributed by atoms with Crippen LogP contribution in [0.4, 0.5) is 5.82 Å². The largest absolute Gasteiger partial charge is 0.267 e. The third-order valence-electron chi connectivity index (χ3n) is 1.66. The van der Waals surface area contributed by atoms with Crippen LogP contribution in [0.5, 0.6) is 0 Å². The van der Waals surface area contributed by atoms with Gasteiger partial charge in [-0.3, -0.25) is 4.72 Å². The van der Waals surface area contributed by atoms with Crippen LogP contribution in [-0.2, 0) is 10.0 Å². The van der Waals surface area contributed by atoms with Crippen molar-refractivity contribution in [2.24, 2.45) is 0 Å². The predicted octanol–water partition coefficient (Wildman–Crippen LogP) is 1.67. The quantitative estimate of drug-likeness (QED) is 0.806. The van der Waals surface area contributed by atoms with Gasteiger partial charge in [0.2, 0.25) is 10.0 Å². The summed E-state index contributed by atoms with van der Waals surface area (Å²) in [6.07, 6.45) is 2.65. The molecule has 0 radical (unpaired) electrons. The summed E-state index contributed by atoms with van der Waals surface area (Å²) in [6.45, 7) is 1.93. The maximum atomic E-state index is 11.5. The molecular formula is C8H12ClN3O2S. The van der Waals surface area contributed by atoms with Gasteiger partial charge < -0.3 is 0 Å². The van der Waals surface area contributed by atoms with Crippen LogP contribution in [0.15, 0.2) is 12.4 Å². The Morgan fingerprint density at radius 1 is 1.47 bits per heavy atom. The van der Waals surface area contributed by atoms with Crippen LogP contribution in [0.25, 0.3) is 0 Å². The summed E-state index contributed by atoms with van der Waals surface area (Å²) in [5, 5.41) is 0.207. The smallest absolute Gasteiger partial charge is 0.233 e. The summed E-state index contributed by atoms with van der Waals surface area (Å²) in [5.41, 5.74) is 0. The summed E-state index contributed by atoms with van der Waals surface area (Å²) < 4.78 is 25.2. The highest BCUT2D eigenvalue weighted by Crippen LogP contribution is 2.10. The molecule has 0 saturated carbocycles. The van der Waals surface area contributed by atoms with Gasteiger partial charge in [-0.2, -0.15) is 0 Å². The maximum Gasteiger partial charge on any atom is 0.233 e. The lowest BCUT2D eigenvalue weighted by atomic mass is 10.4. The molecular weight excluding hydrogens is 238 g/mol. The van der Waals surface area contributed by atoms with Crippen molar-refractivity contribution in [2.45, 2.75) is 19.8 Å². The van der Waals surface area contributed by atoms with Gasteiger partial charge in [-0.25, -0.2) is 18.4 Å². The monoisotopic (exact) mass is 249 g/mol. The van der Waals surface area contributed by atoms with Crippen molar-refractivity contribution in [2.75, 3.05) is 10.5 Å². The van der Waals surface area contributed by atoms with E-state index in [1.54, 1.807) is 0 Å². The van der Waals surface area contributed by atoms with E-state index in [-0.39, 0.29) is 16.7 Å². The van der Waals surface area contributed by atoms with Crippen molar-refractivity contribution in [3.63, 3.8) is 0 Å². The van der Waals surface area contributed by atoms with E-state index in [0.29, 0.717) is 6.42 Å². The maximum absolute atomic E-state index is 11.5. The molecule has 0 fully saturated rings. The molecule has 1 heterocycles. The number of hydrogen-bond acceptors (Lipinski definition) is 4. The minimum atomic E-state index is -3.31. The second-order valence-corrected chi connectivity index (χ2v) is 5.23.